The standard InChI is InChI=1S/C14H24N4O2/c1-4-11-8-13(18(5-2)16-11)14(19)17-6-7-20-12(10-17)9-15-3/h8,12,15H,4-7,9-10H2,1-3H3. The molecular weight excluding hydrogens is 256 g/mol. The van der Waals surface area contributed by atoms with Crippen LogP contribution in [0.1, 0.15) is 30.0 Å². The number of rotatable bonds is 5. The summed E-state index contributed by atoms with van der Waals surface area (Å²) in [4.78, 5) is 14.5. The Labute approximate surface area is 120 Å². The van der Waals surface area contributed by atoms with Gasteiger partial charge in [0.15, 0.2) is 0 Å². The second-order valence-electron chi connectivity index (χ2n) is 4.99. The first-order chi connectivity index (χ1) is 9.69. The molecule has 0 aromatic carbocycles. The number of aryl methyl sites for hydroxylation is 2. The van der Waals surface area contributed by atoms with Crippen LogP contribution in [0.25, 0.3) is 0 Å². The van der Waals surface area contributed by atoms with E-state index in [1.165, 1.54) is 0 Å². The summed E-state index contributed by atoms with van der Waals surface area (Å²) in [5, 5.41) is 7.54. The van der Waals surface area contributed by atoms with Gasteiger partial charge in [0.05, 0.1) is 18.4 Å². The minimum atomic E-state index is 0.0588. The molecule has 0 spiro atoms. The van der Waals surface area contributed by atoms with Gasteiger partial charge < -0.3 is 15.0 Å². The van der Waals surface area contributed by atoms with E-state index in [1.807, 2.05) is 31.9 Å². The SMILES string of the molecule is CCc1cc(C(=O)N2CCOC(CNC)C2)n(CC)n1. The second-order valence-corrected chi connectivity index (χ2v) is 4.99. The Hall–Kier alpha value is -1.40. The Bertz CT molecular complexity index is 456. The van der Waals surface area contributed by atoms with Gasteiger partial charge in [-0.3, -0.25) is 9.48 Å². The van der Waals surface area contributed by atoms with Crippen molar-refractivity contribution in [3.63, 3.8) is 0 Å². The third kappa shape index (κ3) is 3.19. The summed E-state index contributed by atoms with van der Waals surface area (Å²) in [6.07, 6.45) is 0.917. The molecule has 1 saturated heterocycles. The predicted octanol–water partition coefficient (Wildman–Crippen LogP) is 0.526. The van der Waals surface area contributed by atoms with Gasteiger partial charge in [-0.2, -0.15) is 5.10 Å². The molecule has 2 rings (SSSR count). The van der Waals surface area contributed by atoms with Crippen LogP contribution >= 0.6 is 0 Å². The Morgan fingerprint density at radius 1 is 1.55 bits per heavy atom. The van der Waals surface area contributed by atoms with Crippen LogP contribution in [0, 0.1) is 0 Å². The maximum atomic E-state index is 12.6. The van der Waals surface area contributed by atoms with Gasteiger partial charge in [-0.05, 0) is 26.5 Å². The van der Waals surface area contributed by atoms with E-state index >= 15 is 0 Å². The third-order valence-corrected chi connectivity index (χ3v) is 3.57. The molecule has 20 heavy (non-hydrogen) atoms. The van der Waals surface area contributed by atoms with Gasteiger partial charge in [0.2, 0.25) is 0 Å². The lowest BCUT2D eigenvalue weighted by Gasteiger charge is -2.32. The molecule has 1 fully saturated rings. The molecule has 2 heterocycles. The van der Waals surface area contributed by atoms with Crippen LogP contribution in [-0.4, -0.2) is 60.0 Å². The van der Waals surface area contributed by atoms with Crippen molar-refractivity contribution in [2.24, 2.45) is 0 Å². The van der Waals surface area contributed by atoms with Crippen molar-refractivity contribution in [1.29, 1.82) is 0 Å². The minimum absolute atomic E-state index is 0.0588. The molecular formula is C14H24N4O2. The van der Waals surface area contributed by atoms with Crippen LogP contribution in [0.5, 0.6) is 0 Å². The van der Waals surface area contributed by atoms with Crippen molar-refractivity contribution in [1.82, 2.24) is 20.0 Å². The Morgan fingerprint density at radius 2 is 2.35 bits per heavy atom. The first-order valence-corrected chi connectivity index (χ1v) is 7.31. The average molecular weight is 280 g/mol. The van der Waals surface area contributed by atoms with Gasteiger partial charge in [0.1, 0.15) is 5.69 Å². The maximum absolute atomic E-state index is 12.6. The summed E-state index contributed by atoms with van der Waals surface area (Å²) >= 11 is 0. The summed E-state index contributed by atoms with van der Waals surface area (Å²) in [6, 6.07) is 1.91. The highest BCUT2D eigenvalue weighted by Crippen LogP contribution is 2.12. The molecule has 0 radical (unpaired) electrons. The number of aromatic nitrogens is 2. The Morgan fingerprint density at radius 3 is 3.00 bits per heavy atom. The number of ether oxygens (including phenoxy) is 1. The van der Waals surface area contributed by atoms with Crippen molar-refractivity contribution in [3.8, 4) is 0 Å². The van der Waals surface area contributed by atoms with Crippen molar-refractivity contribution in [3.05, 3.63) is 17.5 Å². The maximum Gasteiger partial charge on any atom is 0.272 e. The van der Waals surface area contributed by atoms with E-state index in [0.717, 1.165) is 18.7 Å². The van der Waals surface area contributed by atoms with E-state index in [0.29, 0.717) is 31.9 Å². The lowest BCUT2D eigenvalue weighted by molar-refractivity contribution is -0.0200. The number of carbonyl (C=O) groups is 1. The zero-order chi connectivity index (χ0) is 14.5. The normalized spacial score (nSPS) is 19.4. The number of hydrogen-bond donors (Lipinski definition) is 1. The highest BCUT2D eigenvalue weighted by molar-refractivity contribution is 5.92. The molecule has 6 nitrogen and oxygen atoms in total. The molecule has 1 aromatic rings. The van der Waals surface area contributed by atoms with Crippen molar-refractivity contribution >= 4 is 5.91 Å². The van der Waals surface area contributed by atoms with Crippen LogP contribution in [0.3, 0.4) is 0 Å². The van der Waals surface area contributed by atoms with Crippen molar-refractivity contribution < 1.29 is 9.53 Å². The zero-order valence-corrected chi connectivity index (χ0v) is 12.6. The number of likely N-dealkylation sites (N-methyl/N-ethyl adjacent to an activating group) is 1. The van der Waals surface area contributed by atoms with Crippen molar-refractivity contribution in [2.45, 2.75) is 32.9 Å². The predicted molar refractivity (Wildman–Crippen MR) is 76.8 cm³/mol. The van der Waals surface area contributed by atoms with Crippen LogP contribution in [-0.2, 0) is 17.7 Å². The van der Waals surface area contributed by atoms with Gasteiger partial charge >= 0.3 is 0 Å². The monoisotopic (exact) mass is 280 g/mol. The number of amides is 1. The third-order valence-electron chi connectivity index (χ3n) is 3.57. The van der Waals surface area contributed by atoms with E-state index in [2.05, 4.69) is 10.4 Å². The minimum Gasteiger partial charge on any atom is -0.373 e. The van der Waals surface area contributed by atoms with Gasteiger partial charge in [0, 0.05) is 26.2 Å². The van der Waals surface area contributed by atoms with E-state index < -0.39 is 0 Å². The number of carbonyl (C=O) groups excluding carboxylic acids is 1. The van der Waals surface area contributed by atoms with Crippen LogP contribution in [0.15, 0.2) is 6.07 Å². The molecule has 0 bridgehead atoms. The fraction of sp³-hybridized carbons (Fsp3) is 0.714. The molecule has 1 amide bonds. The first kappa shape index (κ1) is 15.0. The summed E-state index contributed by atoms with van der Waals surface area (Å²) < 4.78 is 7.43. The van der Waals surface area contributed by atoms with Crippen LogP contribution in [0.2, 0.25) is 0 Å². The summed E-state index contributed by atoms with van der Waals surface area (Å²) in [6.45, 7) is 7.41. The van der Waals surface area contributed by atoms with E-state index in [4.69, 9.17) is 4.74 Å². The molecule has 1 atom stereocenters. The molecule has 6 heteroatoms. The zero-order valence-electron chi connectivity index (χ0n) is 12.6. The molecule has 1 N–H and O–H groups in total. The number of hydrogen-bond acceptors (Lipinski definition) is 4. The van der Waals surface area contributed by atoms with Crippen LogP contribution in [0.4, 0.5) is 0 Å². The number of nitrogens with zero attached hydrogens (tertiary/aromatic N) is 3. The highest BCUT2D eigenvalue weighted by atomic mass is 16.5. The summed E-state index contributed by atoms with van der Waals surface area (Å²) in [7, 11) is 1.89. The lowest BCUT2D eigenvalue weighted by Crippen LogP contribution is -2.49. The van der Waals surface area contributed by atoms with E-state index in [-0.39, 0.29) is 12.0 Å². The Balaban J connectivity index is 2.12. The first-order valence-electron chi connectivity index (χ1n) is 7.31. The number of nitrogens with one attached hydrogen (secondary N) is 1. The molecule has 1 aliphatic rings. The Kier molecular flexibility index (Phi) is 5.14. The quantitative estimate of drug-likeness (QED) is 0.854. The van der Waals surface area contributed by atoms with Crippen LogP contribution < -0.4 is 5.32 Å². The lowest BCUT2D eigenvalue weighted by atomic mass is 10.2. The fourth-order valence-corrected chi connectivity index (χ4v) is 2.47. The topological polar surface area (TPSA) is 59.4 Å². The van der Waals surface area contributed by atoms with Gasteiger partial charge in [-0.15, -0.1) is 0 Å². The average Bonchev–Trinajstić information content (AvgIpc) is 2.90. The van der Waals surface area contributed by atoms with Gasteiger partial charge in [0.25, 0.3) is 5.91 Å². The summed E-state index contributed by atoms with van der Waals surface area (Å²) in [5.41, 5.74) is 1.66. The summed E-state index contributed by atoms with van der Waals surface area (Å²) in [5.74, 6) is 0.0588. The molecule has 0 saturated carbocycles. The highest BCUT2D eigenvalue weighted by Gasteiger charge is 2.26. The van der Waals surface area contributed by atoms with E-state index in [1.54, 1.807) is 4.68 Å². The smallest absolute Gasteiger partial charge is 0.272 e. The number of morpholine rings is 1. The molecule has 0 aliphatic carbocycles. The molecule has 1 unspecified atom stereocenters. The molecule has 1 aromatic heterocycles. The van der Waals surface area contributed by atoms with Crippen molar-refractivity contribution in [2.75, 3.05) is 33.3 Å². The molecule has 112 valence electrons. The van der Waals surface area contributed by atoms with Gasteiger partial charge in [-0.25, -0.2) is 0 Å². The second kappa shape index (κ2) is 6.85. The fourth-order valence-electron chi connectivity index (χ4n) is 2.47. The molecule has 1 aliphatic heterocycles. The van der Waals surface area contributed by atoms with Gasteiger partial charge in [-0.1, -0.05) is 6.92 Å². The largest absolute Gasteiger partial charge is 0.373 e. The van der Waals surface area contributed by atoms with E-state index in [9.17, 15) is 4.79 Å².